The minimum atomic E-state index is -0.317. The van der Waals surface area contributed by atoms with Crippen molar-refractivity contribution in [3.05, 3.63) is 59.0 Å². The zero-order chi connectivity index (χ0) is 17.7. The number of benzene rings is 1. The van der Waals surface area contributed by atoms with Crippen molar-refractivity contribution < 1.29 is 9.15 Å². The molecule has 136 valence electrons. The molecule has 26 heavy (non-hydrogen) atoms. The summed E-state index contributed by atoms with van der Waals surface area (Å²) in [6.45, 7) is 2.29. The average molecular weight is 371 g/mol. The number of nitrogens with one attached hydrogen (secondary N) is 1. The molecule has 4 nitrogen and oxygen atoms in total. The van der Waals surface area contributed by atoms with Crippen LogP contribution in [0.3, 0.4) is 0 Å². The van der Waals surface area contributed by atoms with Gasteiger partial charge < -0.3 is 14.6 Å². The van der Waals surface area contributed by atoms with Crippen molar-refractivity contribution in [3.8, 4) is 5.75 Å². The van der Waals surface area contributed by atoms with E-state index in [0.29, 0.717) is 0 Å². The van der Waals surface area contributed by atoms with Crippen molar-refractivity contribution in [3.63, 3.8) is 0 Å². The van der Waals surface area contributed by atoms with Gasteiger partial charge in [-0.1, -0.05) is 24.9 Å². The number of fused-ring (bicyclic) bond motifs is 4. The number of halogens is 1. The summed E-state index contributed by atoms with van der Waals surface area (Å²) in [6.07, 6.45) is 9.62. The number of nitrogens with zero attached hydrogens (tertiary/aromatic N) is 1. The molecule has 3 aliphatic rings. The molecular weight excluding hydrogens is 348 g/mol. The Labute approximate surface area is 158 Å². The summed E-state index contributed by atoms with van der Waals surface area (Å²) in [5.74, 6) is 2.60. The zero-order valence-corrected chi connectivity index (χ0v) is 15.6. The molecule has 1 aromatic heterocycles. The highest BCUT2D eigenvalue weighted by atomic mass is 35.5. The third kappa shape index (κ3) is 2.47. The second-order valence-corrected chi connectivity index (χ2v) is 8.00. The second kappa shape index (κ2) is 6.07. The molecule has 1 saturated carbocycles. The molecule has 1 atom stereocenters. The van der Waals surface area contributed by atoms with Gasteiger partial charge in [0.2, 0.25) is 0 Å². The van der Waals surface area contributed by atoms with Gasteiger partial charge in [0, 0.05) is 23.4 Å². The molecule has 2 aliphatic heterocycles. The van der Waals surface area contributed by atoms with Crippen LogP contribution in [0.1, 0.15) is 56.4 Å². The van der Waals surface area contributed by atoms with Crippen molar-refractivity contribution in [2.45, 2.75) is 50.8 Å². The number of hydrogen-bond donors (Lipinski definition) is 1. The minimum Gasteiger partial charge on any atom is -0.471 e. The Morgan fingerprint density at radius 3 is 2.85 bits per heavy atom. The van der Waals surface area contributed by atoms with E-state index in [1.54, 1.807) is 6.26 Å². The smallest absolute Gasteiger partial charge is 0.180 e. The maximum Gasteiger partial charge on any atom is 0.180 e. The van der Waals surface area contributed by atoms with Gasteiger partial charge in [-0.25, -0.2) is 0 Å². The number of furan rings is 1. The Balaban J connectivity index is 1.56. The van der Waals surface area contributed by atoms with E-state index in [1.807, 2.05) is 30.3 Å². The van der Waals surface area contributed by atoms with E-state index in [2.05, 4.69) is 23.4 Å². The van der Waals surface area contributed by atoms with Crippen molar-refractivity contribution in [2.75, 3.05) is 0 Å². The second-order valence-electron chi connectivity index (χ2n) is 7.57. The highest BCUT2D eigenvalue weighted by Gasteiger charge is 2.51. The fourth-order valence-electron chi connectivity index (χ4n) is 4.60. The third-order valence-corrected chi connectivity index (χ3v) is 6.36. The lowest BCUT2D eigenvalue weighted by Crippen LogP contribution is -2.60. The van der Waals surface area contributed by atoms with Gasteiger partial charge in [0.05, 0.1) is 18.0 Å². The van der Waals surface area contributed by atoms with Crippen LogP contribution in [0, 0.1) is 5.92 Å². The number of hydrogen-bond acceptors (Lipinski definition) is 4. The van der Waals surface area contributed by atoms with Crippen LogP contribution in [0.4, 0.5) is 0 Å². The molecule has 1 spiro atoms. The Morgan fingerprint density at radius 2 is 2.12 bits per heavy atom. The number of rotatable bonds is 2. The number of hydrazine groups is 1. The van der Waals surface area contributed by atoms with Crippen molar-refractivity contribution in [1.82, 2.24) is 10.4 Å². The van der Waals surface area contributed by atoms with Crippen molar-refractivity contribution in [2.24, 2.45) is 5.92 Å². The van der Waals surface area contributed by atoms with E-state index in [1.165, 1.54) is 19.3 Å². The van der Waals surface area contributed by atoms with Crippen LogP contribution in [0.5, 0.6) is 5.75 Å². The van der Waals surface area contributed by atoms with Gasteiger partial charge in [0.25, 0.3) is 0 Å². The topological polar surface area (TPSA) is 37.6 Å². The molecule has 0 bridgehead atoms. The summed E-state index contributed by atoms with van der Waals surface area (Å²) < 4.78 is 12.2. The van der Waals surface area contributed by atoms with E-state index in [0.717, 1.165) is 46.6 Å². The van der Waals surface area contributed by atoms with Crippen LogP contribution in [-0.2, 0) is 0 Å². The lowest BCUT2D eigenvalue weighted by atomic mass is 9.80. The predicted molar refractivity (Wildman–Crippen MR) is 101 cm³/mol. The normalized spacial score (nSPS) is 30.3. The zero-order valence-electron chi connectivity index (χ0n) is 14.9. The largest absolute Gasteiger partial charge is 0.471 e. The first-order valence-corrected chi connectivity index (χ1v) is 9.86. The molecule has 0 radical (unpaired) electrons. The fraction of sp³-hybridized carbons (Fsp3) is 0.429. The molecular formula is C21H23ClN2O2. The summed E-state index contributed by atoms with van der Waals surface area (Å²) in [6, 6.07) is 9.94. The molecule has 5 heteroatoms. The summed E-state index contributed by atoms with van der Waals surface area (Å²) in [5.41, 5.74) is 5.36. The van der Waals surface area contributed by atoms with Crippen molar-refractivity contribution >= 4 is 17.3 Å². The van der Waals surface area contributed by atoms with Gasteiger partial charge in [-0.05, 0) is 55.2 Å². The third-order valence-electron chi connectivity index (χ3n) is 6.12. The van der Waals surface area contributed by atoms with Gasteiger partial charge in [0.1, 0.15) is 5.75 Å². The van der Waals surface area contributed by atoms with Gasteiger partial charge in [-0.3, -0.25) is 0 Å². The summed E-state index contributed by atoms with van der Waals surface area (Å²) in [4.78, 5) is 0. The molecule has 1 fully saturated rings. The first-order chi connectivity index (χ1) is 12.7. The number of ether oxygens (including phenoxy) is 1. The van der Waals surface area contributed by atoms with E-state index < -0.39 is 0 Å². The monoisotopic (exact) mass is 370 g/mol. The van der Waals surface area contributed by atoms with Gasteiger partial charge in [-0.2, -0.15) is 5.01 Å². The SMILES string of the molecule is CCC1CCC2(CC1)Oc1ccc(Cl)cc1[C@H]1C=C(c3ccco3)NN12. The Hall–Kier alpha value is -1.91. The highest BCUT2D eigenvalue weighted by molar-refractivity contribution is 6.30. The highest BCUT2D eigenvalue weighted by Crippen LogP contribution is 2.51. The maximum atomic E-state index is 6.63. The Morgan fingerprint density at radius 1 is 1.27 bits per heavy atom. The predicted octanol–water partition coefficient (Wildman–Crippen LogP) is 5.52. The Kier molecular flexibility index (Phi) is 3.80. The summed E-state index contributed by atoms with van der Waals surface area (Å²) in [7, 11) is 0. The first-order valence-electron chi connectivity index (χ1n) is 9.49. The lowest BCUT2D eigenvalue weighted by Gasteiger charge is -2.51. The molecule has 1 aromatic carbocycles. The van der Waals surface area contributed by atoms with E-state index in [9.17, 15) is 0 Å². The van der Waals surface area contributed by atoms with Crippen LogP contribution >= 0.6 is 11.6 Å². The standard InChI is InChI=1S/C21H23ClN2O2/c1-2-14-7-9-21(10-8-14)24-18(13-17(23-24)20-4-3-11-25-20)16-12-15(22)5-6-19(16)26-21/h3-6,11-14,18,23H,2,7-10H2,1H3/t14?,18-,21?/m1/s1. The maximum absolute atomic E-state index is 6.63. The molecule has 2 aromatic rings. The van der Waals surface area contributed by atoms with Gasteiger partial charge in [-0.15, -0.1) is 0 Å². The fourth-order valence-corrected chi connectivity index (χ4v) is 4.78. The Bertz CT molecular complexity index is 838. The van der Waals surface area contributed by atoms with Crippen LogP contribution in [0.15, 0.2) is 47.1 Å². The van der Waals surface area contributed by atoms with E-state index in [4.69, 9.17) is 20.8 Å². The van der Waals surface area contributed by atoms with Crippen LogP contribution < -0.4 is 10.2 Å². The molecule has 0 amide bonds. The van der Waals surface area contributed by atoms with E-state index in [-0.39, 0.29) is 11.8 Å². The van der Waals surface area contributed by atoms with Gasteiger partial charge >= 0.3 is 0 Å². The molecule has 1 aliphatic carbocycles. The van der Waals surface area contributed by atoms with Crippen molar-refractivity contribution in [1.29, 1.82) is 0 Å². The summed E-state index contributed by atoms with van der Waals surface area (Å²) >= 11 is 6.28. The molecule has 5 rings (SSSR count). The summed E-state index contributed by atoms with van der Waals surface area (Å²) in [5, 5.41) is 3.02. The van der Waals surface area contributed by atoms with Crippen LogP contribution in [-0.4, -0.2) is 10.7 Å². The molecule has 0 unspecified atom stereocenters. The average Bonchev–Trinajstić information content (AvgIpc) is 3.33. The minimum absolute atomic E-state index is 0.0933. The van der Waals surface area contributed by atoms with Gasteiger partial charge in [0.15, 0.2) is 11.5 Å². The molecule has 3 heterocycles. The van der Waals surface area contributed by atoms with E-state index >= 15 is 0 Å². The van der Waals surface area contributed by atoms with Crippen LogP contribution in [0.2, 0.25) is 5.02 Å². The first kappa shape index (κ1) is 16.3. The van der Waals surface area contributed by atoms with Crippen LogP contribution in [0.25, 0.3) is 5.70 Å². The molecule has 1 N–H and O–H groups in total. The molecule has 0 saturated heterocycles. The lowest BCUT2D eigenvalue weighted by molar-refractivity contribution is -0.156. The quantitative estimate of drug-likeness (QED) is 0.754.